The molecular formula is C51H38N2. The normalized spacial score (nSPS) is 17.6. The van der Waals surface area contributed by atoms with Gasteiger partial charge in [0.05, 0.1) is 26.3 Å². The molecule has 1 atom stereocenters. The molecule has 252 valence electrons. The van der Waals surface area contributed by atoms with E-state index >= 15 is 0 Å². The molecule has 1 unspecified atom stereocenters. The molecule has 0 fully saturated rings. The molecule has 8 aromatic carbocycles. The first-order valence-corrected chi connectivity index (χ1v) is 17.6. The number of hydrogen-bond acceptors (Lipinski definition) is 1. The smallest absolute Gasteiger partial charge is 0.0648 e. The van der Waals surface area contributed by atoms with E-state index in [0.717, 1.165) is 49.7 Å². The molecule has 0 saturated carbocycles. The standard InChI is InChI=1S/C51H38N2/c1-51(2)46-25-12-9-23-42(46)43-30-29-40(34-47(43)51)52(48-26-13-10-22-41(48)35-16-5-3-6-17-35)39-21-15-18-36(32-39)37-28-31-50-45(33-37)44-24-11-14-27-49(44)53(50)38-19-7-4-8-20-38/h3-34H,1-2H3/i1D3,9D,12D,23D,25D,29D,30D,34D. The molecule has 2 heteroatoms. The van der Waals surface area contributed by atoms with Crippen molar-refractivity contribution in [2.45, 2.75) is 19.2 Å². The third-order valence-corrected chi connectivity index (χ3v) is 10.3. The average molecular weight is 689 g/mol. The summed E-state index contributed by atoms with van der Waals surface area (Å²) >= 11 is 0. The minimum absolute atomic E-state index is 0.0563. The Balaban J connectivity index is 1.25. The molecule has 1 heterocycles. The lowest BCUT2D eigenvalue weighted by Gasteiger charge is -2.30. The number of rotatable bonds is 6. The average Bonchev–Trinajstić information content (AvgIpc) is 3.79. The fraction of sp³-hybridized carbons (Fsp3) is 0.0588. The Bertz CT molecular complexity index is 3320. The van der Waals surface area contributed by atoms with E-state index in [2.05, 4.69) is 47.0 Å². The van der Waals surface area contributed by atoms with Gasteiger partial charge in [0.15, 0.2) is 0 Å². The van der Waals surface area contributed by atoms with Crippen LogP contribution in [0.1, 0.15) is 38.6 Å². The molecule has 0 radical (unpaired) electrons. The second-order valence-corrected chi connectivity index (χ2v) is 13.5. The van der Waals surface area contributed by atoms with Crippen molar-refractivity contribution in [3.05, 3.63) is 205 Å². The molecule has 0 bridgehead atoms. The first-order chi connectivity index (χ1) is 30.2. The highest BCUT2D eigenvalue weighted by Gasteiger charge is 2.36. The van der Waals surface area contributed by atoms with Crippen molar-refractivity contribution in [1.82, 2.24) is 4.57 Å². The highest BCUT2D eigenvalue weighted by atomic mass is 15.1. The maximum Gasteiger partial charge on any atom is 0.0648 e. The predicted octanol–water partition coefficient (Wildman–Crippen LogP) is 13.9. The van der Waals surface area contributed by atoms with Crippen LogP contribution in [-0.2, 0) is 5.41 Å². The molecule has 9 aromatic rings. The minimum Gasteiger partial charge on any atom is -0.310 e. The van der Waals surface area contributed by atoms with Crippen molar-refractivity contribution in [2.24, 2.45) is 0 Å². The Labute approximate surface area is 324 Å². The van der Waals surface area contributed by atoms with Crippen LogP contribution in [0.15, 0.2) is 194 Å². The van der Waals surface area contributed by atoms with E-state index in [1.54, 1.807) is 4.90 Å². The number of nitrogens with zero attached hydrogens (tertiary/aromatic N) is 2. The molecule has 10 rings (SSSR count). The summed E-state index contributed by atoms with van der Waals surface area (Å²) in [5.74, 6) is 0. The maximum atomic E-state index is 10.1. The lowest BCUT2D eigenvalue weighted by atomic mass is 9.82. The topological polar surface area (TPSA) is 8.17 Å². The number of fused-ring (bicyclic) bond motifs is 6. The molecule has 1 aliphatic carbocycles. The van der Waals surface area contributed by atoms with Crippen LogP contribution in [0.25, 0.3) is 60.9 Å². The van der Waals surface area contributed by atoms with Gasteiger partial charge < -0.3 is 9.47 Å². The number of para-hydroxylation sites is 3. The van der Waals surface area contributed by atoms with Gasteiger partial charge in [-0.15, -0.1) is 0 Å². The van der Waals surface area contributed by atoms with E-state index in [-0.39, 0.29) is 34.0 Å². The van der Waals surface area contributed by atoms with E-state index in [9.17, 15) is 4.11 Å². The molecule has 0 spiro atoms. The molecule has 1 aliphatic rings. The van der Waals surface area contributed by atoms with E-state index in [0.29, 0.717) is 11.4 Å². The zero-order valence-corrected chi connectivity index (χ0v) is 28.8. The van der Waals surface area contributed by atoms with E-state index in [4.69, 9.17) is 9.60 Å². The summed E-state index contributed by atoms with van der Waals surface area (Å²) in [5.41, 5.74) is 4.79. The Hall–Kier alpha value is -6.64. The van der Waals surface area contributed by atoms with Crippen LogP contribution in [0, 0.1) is 0 Å². The van der Waals surface area contributed by atoms with Crippen molar-refractivity contribution in [3.63, 3.8) is 0 Å². The second kappa shape index (κ2) is 12.3. The van der Waals surface area contributed by atoms with Gasteiger partial charge in [0.1, 0.15) is 0 Å². The summed E-state index contributed by atoms with van der Waals surface area (Å²) in [7, 11) is 0. The summed E-state index contributed by atoms with van der Waals surface area (Å²) in [4.78, 5) is 1.74. The van der Waals surface area contributed by atoms with Gasteiger partial charge in [-0.1, -0.05) is 147 Å². The molecule has 2 nitrogen and oxygen atoms in total. The van der Waals surface area contributed by atoms with Gasteiger partial charge in [-0.05, 0) is 99.6 Å². The van der Waals surface area contributed by atoms with Gasteiger partial charge in [-0.3, -0.25) is 0 Å². The highest BCUT2D eigenvalue weighted by Crippen LogP contribution is 2.51. The number of aromatic nitrogens is 1. The number of hydrogen-bond donors (Lipinski definition) is 0. The van der Waals surface area contributed by atoms with Crippen molar-refractivity contribution in [3.8, 4) is 39.1 Å². The van der Waals surface area contributed by atoms with E-state index < -0.39 is 48.5 Å². The van der Waals surface area contributed by atoms with Gasteiger partial charge in [0.2, 0.25) is 0 Å². The molecule has 0 saturated heterocycles. The monoisotopic (exact) mass is 688 g/mol. The van der Waals surface area contributed by atoms with Crippen LogP contribution in [0.2, 0.25) is 0 Å². The first kappa shape index (κ1) is 22.3. The molecule has 0 N–H and O–H groups in total. The summed E-state index contributed by atoms with van der Waals surface area (Å²) in [6, 6.07) is 46.4. The number of anilines is 3. The van der Waals surface area contributed by atoms with Crippen LogP contribution in [-0.4, -0.2) is 4.57 Å². The van der Waals surface area contributed by atoms with Crippen LogP contribution < -0.4 is 4.90 Å². The zero-order valence-electron chi connectivity index (χ0n) is 38.8. The summed E-state index contributed by atoms with van der Waals surface area (Å²) in [5, 5.41) is 2.15. The Morgan fingerprint density at radius 2 is 1.23 bits per heavy atom. The molecule has 0 aliphatic heterocycles. The van der Waals surface area contributed by atoms with Crippen LogP contribution in [0.3, 0.4) is 0 Å². The molecule has 1 aromatic heterocycles. The lowest BCUT2D eigenvalue weighted by Crippen LogP contribution is -2.17. The van der Waals surface area contributed by atoms with Crippen molar-refractivity contribution in [1.29, 1.82) is 0 Å². The van der Waals surface area contributed by atoms with E-state index in [1.165, 1.54) is 6.92 Å². The SMILES string of the molecule is [2H]c1c([2H])c([2H])c2c(c1[2H])-c1c([2H])c([2H])c(N(c3cccc(-c4ccc5c(c4)c4ccccc4n5-c4ccccc4)c3)c3ccccc3-c3ccccc3)c([2H])c1C2(C)C([2H])([2H])[2H]. The quantitative estimate of drug-likeness (QED) is 0.169. The third kappa shape index (κ3) is 5.02. The molecule has 53 heavy (non-hydrogen) atoms. The summed E-state index contributed by atoms with van der Waals surface area (Å²) in [6.07, 6.45) is 0. The van der Waals surface area contributed by atoms with Crippen LogP contribution >= 0.6 is 0 Å². The van der Waals surface area contributed by atoms with Gasteiger partial charge in [-0.25, -0.2) is 0 Å². The molecular weight excluding hydrogens is 641 g/mol. The third-order valence-electron chi connectivity index (χ3n) is 10.3. The zero-order chi connectivity index (χ0) is 44.1. The highest BCUT2D eigenvalue weighted by molar-refractivity contribution is 6.10. The Kier molecular flexibility index (Phi) is 5.16. The van der Waals surface area contributed by atoms with E-state index in [1.807, 2.05) is 109 Å². The van der Waals surface area contributed by atoms with Crippen molar-refractivity contribution in [2.75, 3.05) is 4.90 Å². The first-order valence-electron chi connectivity index (χ1n) is 22.6. The Morgan fingerprint density at radius 3 is 2.09 bits per heavy atom. The van der Waals surface area contributed by atoms with Crippen molar-refractivity contribution >= 4 is 38.9 Å². The largest absolute Gasteiger partial charge is 0.310 e. The fourth-order valence-corrected chi connectivity index (χ4v) is 7.82. The Morgan fingerprint density at radius 1 is 0.528 bits per heavy atom. The fourth-order valence-electron chi connectivity index (χ4n) is 7.82. The van der Waals surface area contributed by atoms with Crippen molar-refractivity contribution < 1.29 is 13.7 Å². The van der Waals surface area contributed by atoms with Gasteiger partial charge in [0, 0.05) is 42.9 Å². The van der Waals surface area contributed by atoms with Gasteiger partial charge in [-0.2, -0.15) is 0 Å². The second-order valence-electron chi connectivity index (χ2n) is 13.5. The van der Waals surface area contributed by atoms with Crippen LogP contribution in [0.5, 0.6) is 0 Å². The lowest BCUT2D eigenvalue weighted by molar-refractivity contribution is 0.660. The number of benzene rings is 8. The minimum atomic E-state index is -2.93. The molecule has 0 amide bonds. The van der Waals surface area contributed by atoms with Gasteiger partial charge >= 0.3 is 0 Å². The van der Waals surface area contributed by atoms with Crippen LogP contribution in [0.4, 0.5) is 17.1 Å². The predicted molar refractivity (Wildman–Crippen MR) is 224 cm³/mol. The maximum absolute atomic E-state index is 10.1. The summed E-state index contributed by atoms with van der Waals surface area (Å²) < 4.78 is 93.3. The van der Waals surface area contributed by atoms with Gasteiger partial charge in [0.25, 0.3) is 0 Å². The summed E-state index contributed by atoms with van der Waals surface area (Å²) in [6.45, 7) is -1.56.